The lowest BCUT2D eigenvalue weighted by atomic mass is 10.1. The van der Waals surface area contributed by atoms with Gasteiger partial charge >= 0.3 is 0 Å². The predicted octanol–water partition coefficient (Wildman–Crippen LogP) is 5.67. The van der Waals surface area contributed by atoms with Crippen LogP contribution in [0.15, 0.2) is 53.0 Å². The molecule has 8 heteroatoms. The number of anilines is 1. The number of para-hydroxylation sites is 1. The number of aromatic nitrogens is 3. The average molecular weight is 453 g/mol. The van der Waals surface area contributed by atoms with E-state index in [0.29, 0.717) is 16.7 Å². The topological polar surface area (TPSA) is 68.2 Å². The van der Waals surface area contributed by atoms with Crippen molar-refractivity contribution in [1.82, 2.24) is 15.2 Å². The van der Waals surface area contributed by atoms with Crippen LogP contribution < -0.4 is 9.64 Å². The third kappa shape index (κ3) is 4.97. The van der Waals surface area contributed by atoms with Gasteiger partial charge in [0.05, 0.1) is 5.69 Å². The van der Waals surface area contributed by atoms with Crippen LogP contribution in [0.3, 0.4) is 0 Å². The van der Waals surface area contributed by atoms with Gasteiger partial charge in [-0.1, -0.05) is 55.8 Å². The van der Waals surface area contributed by atoms with Crippen molar-refractivity contribution in [1.29, 1.82) is 0 Å². The van der Waals surface area contributed by atoms with E-state index in [2.05, 4.69) is 22.1 Å². The second-order valence-corrected chi connectivity index (χ2v) is 9.13. The number of carbonyl (C=O) groups excluding carboxylic acids is 1. The summed E-state index contributed by atoms with van der Waals surface area (Å²) in [5.74, 6) is 1.21. The summed E-state index contributed by atoms with van der Waals surface area (Å²) in [6.45, 7) is 3.72. The van der Waals surface area contributed by atoms with Crippen LogP contribution in [0, 0.1) is 0 Å². The van der Waals surface area contributed by atoms with E-state index in [0.717, 1.165) is 28.3 Å². The van der Waals surface area contributed by atoms with Gasteiger partial charge in [0.1, 0.15) is 0 Å². The van der Waals surface area contributed by atoms with Crippen molar-refractivity contribution in [2.24, 2.45) is 0 Å². The first-order valence-electron chi connectivity index (χ1n) is 10.3. The van der Waals surface area contributed by atoms with Crippen molar-refractivity contribution in [3.63, 3.8) is 0 Å². The van der Waals surface area contributed by atoms with Gasteiger partial charge in [-0.25, -0.2) is 0 Å². The molecule has 0 aliphatic carbocycles. The zero-order valence-corrected chi connectivity index (χ0v) is 19.2. The first-order chi connectivity index (χ1) is 15.2. The fourth-order valence-corrected chi connectivity index (χ4v) is 4.76. The van der Waals surface area contributed by atoms with Crippen molar-refractivity contribution in [2.75, 3.05) is 10.7 Å². The molecule has 0 bridgehead atoms. The van der Waals surface area contributed by atoms with Gasteiger partial charge in [-0.2, -0.15) is 4.98 Å². The summed E-state index contributed by atoms with van der Waals surface area (Å²) in [5.41, 5.74) is 2.06. The average Bonchev–Trinajstić information content (AvgIpc) is 3.24. The Bertz CT molecular complexity index is 1070. The molecule has 160 valence electrons. The maximum atomic E-state index is 12.7. The molecule has 3 aromatic rings. The number of fused-ring (bicyclic) bond motifs is 3. The van der Waals surface area contributed by atoms with E-state index in [4.69, 9.17) is 4.74 Å². The number of hydrogen-bond donors (Lipinski definition) is 0. The molecule has 31 heavy (non-hydrogen) atoms. The van der Waals surface area contributed by atoms with Crippen LogP contribution in [0.5, 0.6) is 5.88 Å². The molecule has 0 unspecified atom stereocenters. The van der Waals surface area contributed by atoms with Crippen molar-refractivity contribution in [3.05, 3.63) is 52.7 Å². The standard InChI is InChI=1S/C23H24N4O2S2/c1-3-4-7-14-31-23-24-22-21(25-26-23)18-10-5-6-11-19(18)27(16(2)28)20(29-22)13-12-17-9-8-15-30-17/h5-6,8-13,15,20H,3-4,7,14H2,1-2H3/b13-12+/t20-/m1/s1. The van der Waals surface area contributed by atoms with E-state index >= 15 is 0 Å². The van der Waals surface area contributed by atoms with Crippen molar-refractivity contribution in [2.45, 2.75) is 44.5 Å². The van der Waals surface area contributed by atoms with Crippen LogP contribution in [0.1, 0.15) is 38.0 Å². The smallest absolute Gasteiger partial charge is 0.247 e. The molecule has 0 saturated carbocycles. The molecule has 0 fully saturated rings. The second-order valence-electron chi connectivity index (χ2n) is 7.09. The maximum Gasteiger partial charge on any atom is 0.247 e. The van der Waals surface area contributed by atoms with Crippen LogP contribution in [-0.2, 0) is 4.79 Å². The van der Waals surface area contributed by atoms with Crippen LogP contribution in [-0.4, -0.2) is 33.1 Å². The number of ether oxygens (including phenoxy) is 1. The van der Waals surface area contributed by atoms with E-state index in [-0.39, 0.29) is 5.91 Å². The molecule has 1 aromatic carbocycles. The second kappa shape index (κ2) is 10.1. The summed E-state index contributed by atoms with van der Waals surface area (Å²) < 4.78 is 6.28. The number of amides is 1. The monoisotopic (exact) mass is 452 g/mol. The number of unbranched alkanes of at least 4 members (excludes halogenated alkanes) is 2. The van der Waals surface area contributed by atoms with E-state index in [1.54, 1.807) is 28.0 Å². The van der Waals surface area contributed by atoms with Gasteiger partial charge in [0.25, 0.3) is 0 Å². The Balaban J connectivity index is 1.73. The lowest BCUT2D eigenvalue weighted by Crippen LogP contribution is -2.41. The summed E-state index contributed by atoms with van der Waals surface area (Å²) in [5, 5.41) is 11.4. The van der Waals surface area contributed by atoms with Crippen LogP contribution >= 0.6 is 23.1 Å². The molecule has 4 rings (SSSR count). The highest BCUT2D eigenvalue weighted by atomic mass is 32.2. The maximum absolute atomic E-state index is 12.7. The lowest BCUT2D eigenvalue weighted by molar-refractivity contribution is -0.117. The van der Waals surface area contributed by atoms with Gasteiger partial charge in [-0.3, -0.25) is 9.69 Å². The summed E-state index contributed by atoms with van der Waals surface area (Å²) in [4.78, 5) is 20.0. The number of thioether (sulfide) groups is 1. The fourth-order valence-electron chi connectivity index (χ4n) is 3.35. The molecule has 1 aliphatic rings. The fraction of sp³-hybridized carbons (Fsp3) is 0.304. The molecule has 1 amide bonds. The third-order valence-electron chi connectivity index (χ3n) is 4.83. The molecule has 3 heterocycles. The Morgan fingerprint density at radius 2 is 2.10 bits per heavy atom. The highest BCUT2D eigenvalue weighted by Crippen LogP contribution is 2.39. The van der Waals surface area contributed by atoms with E-state index < -0.39 is 6.23 Å². The molecule has 2 aromatic heterocycles. The van der Waals surface area contributed by atoms with Crippen LogP contribution in [0.25, 0.3) is 17.3 Å². The molecular formula is C23H24N4O2S2. The largest absolute Gasteiger partial charge is 0.448 e. The number of carbonyl (C=O) groups is 1. The number of hydrogen-bond acceptors (Lipinski definition) is 7. The highest BCUT2D eigenvalue weighted by Gasteiger charge is 2.32. The predicted molar refractivity (Wildman–Crippen MR) is 126 cm³/mol. The summed E-state index contributed by atoms with van der Waals surface area (Å²) in [7, 11) is 0. The molecule has 0 spiro atoms. The van der Waals surface area contributed by atoms with Crippen LogP contribution in [0.2, 0.25) is 0 Å². The van der Waals surface area contributed by atoms with Gasteiger partial charge in [0.15, 0.2) is 11.9 Å². The quantitative estimate of drug-likeness (QED) is 0.340. The van der Waals surface area contributed by atoms with Crippen molar-refractivity contribution in [3.8, 4) is 17.1 Å². The highest BCUT2D eigenvalue weighted by molar-refractivity contribution is 7.99. The minimum absolute atomic E-state index is 0.122. The number of nitrogens with zero attached hydrogens (tertiary/aromatic N) is 4. The Morgan fingerprint density at radius 1 is 1.23 bits per heavy atom. The third-order valence-corrected chi connectivity index (χ3v) is 6.59. The first-order valence-corrected chi connectivity index (χ1v) is 12.2. The normalized spacial score (nSPS) is 15.3. The number of rotatable bonds is 7. The number of thiophene rings is 1. The van der Waals surface area contributed by atoms with Crippen molar-refractivity contribution < 1.29 is 9.53 Å². The zero-order chi connectivity index (χ0) is 21.6. The Kier molecular flexibility index (Phi) is 6.99. The SMILES string of the molecule is CCCCCSc1nnc2c(n1)O[C@H](/C=C/c1cccs1)N(C(C)=O)c1ccccc1-2. The first kappa shape index (κ1) is 21.5. The minimum atomic E-state index is -0.642. The molecular weight excluding hydrogens is 428 g/mol. The Labute approximate surface area is 190 Å². The van der Waals surface area contributed by atoms with E-state index in [9.17, 15) is 4.79 Å². The molecule has 1 atom stereocenters. The van der Waals surface area contributed by atoms with Crippen molar-refractivity contribution >= 4 is 40.8 Å². The number of benzene rings is 1. The molecule has 1 aliphatic heterocycles. The van der Waals surface area contributed by atoms with Gasteiger partial charge in [0.2, 0.25) is 16.9 Å². The van der Waals surface area contributed by atoms with Gasteiger partial charge in [-0.15, -0.1) is 21.5 Å². The van der Waals surface area contributed by atoms with Crippen LogP contribution in [0.4, 0.5) is 5.69 Å². The molecule has 0 N–H and O–H groups in total. The summed E-state index contributed by atoms with van der Waals surface area (Å²) in [6, 6.07) is 11.6. The summed E-state index contributed by atoms with van der Waals surface area (Å²) >= 11 is 3.21. The Hall–Kier alpha value is -2.71. The minimum Gasteiger partial charge on any atom is -0.448 e. The van der Waals surface area contributed by atoms with Gasteiger partial charge in [-0.05, 0) is 36.1 Å². The van der Waals surface area contributed by atoms with E-state index in [1.807, 2.05) is 53.9 Å². The van der Waals surface area contributed by atoms with Gasteiger partial charge < -0.3 is 4.74 Å². The Morgan fingerprint density at radius 3 is 2.87 bits per heavy atom. The summed E-state index contributed by atoms with van der Waals surface area (Å²) in [6.07, 6.45) is 6.66. The lowest BCUT2D eigenvalue weighted by Gasteiger charge is -2.27. The van der Waals surface area contributed by atoms with Gasteiger partial charge in [0, 0.05) is 23.1 Å². The molecule has 0 saturated heterocycles. The molecule has 6 nitrogen and oxygen atoms in total. The molecule has 0 radical (unpaired) electrons. The van der Waals surface area contributed by atoms with E-state index in [1.165, 1.54) is 19.8 Å². The zero-order valence-electron chi connectivity index (χ0n) is 17.5.